The molecule has 0 aliphatic carbocycles. The summed E-state index contributed by atoms with van der Waals surface area (Å²) >= 11 is 4.91. The molecular weight excluding hydrogens is 352 g/mol. The molecule has 0 spiro atoms. The lowest BCUT2D eigenvalue weighted by Gasteiger charge is -2.04. The van der Waals surface area contributed by atoms with Crippen LogP contribution in [-0.2, 0) is 17.6 Å². The zero-order valence-electron chi connectivity index (χ0n) is 11.3. The summed E-state index contributed by atoms with van der Waals surface area (Å²) in [6.07, 6.45) is 0.819. The quantitative estimate of drug-likeness (QED) is 0.760. The number of halogens is 1. The maximum atomic E-state index is 11.0. The van der Waals surface area contributed by atoms with Gasteiger partial charge < -0.3 is 5.11 Å². The molecule has 21 heavy (non-hydrogen) atoms. The van der Waals surface area contributed by atoms with Crippen molar-refractivity contribution in [3.63, 3.8) is 0 Å². The van der Waals surface area contributed by atoms with Crippen LogP contribution in [0.1, 0.15) is 18.3 Å². The summed E-state index contributed by atoms with van der Waals surface area (Å²) in [5.41, 5.74) is 3.83. The lowest BCUT2D eigenvalue weighted by Crippen LogP contribution is -2.04. The van der Waals surface area contributed by atoms with E-state index in [1.54, 1.807) is 0 Å². The summed E-state index contributed by atoms with van der Waals surface area (Å²) in [5, 5.41) is 10.9. The predicted octanol–water partition coefficient (Wildman–Crippen LogP) is 4.01. The van der Waals surface area contributed by atoms with Gasteiger partial charge in [-0.2, -0.15) is 0 Å². The Morgan fingerprint density at radius 3 is 2.71 bits per heavy atom. The maximum Gasteiger partial charge on any atom is 0.309 e. The summed E-state index contributed by atoms with van der Waals surface area (Å²) in [6, 6.07) is 8.01. The highest BCUT2D eigenvalue weighted by Gasteiger charge is 2.17. The predicted molar refractivity (Wildman–Crippen MR) is 86.9 cm³/mol. The maximum absolute atomic E-state index is 11.0. The van der Waals surface area contributed by atoms with Crippen LogP contribution < -0.4 is 0 Å². The molecule has 3 aromatic rings. The molecule has 1 aromatic carbocycles. The highest BCUT2D eigenvalue weighted by molar-refractivity contribution is 9.10. The zero-order valence-corrected chi connectivity index (χ0v) is 13.7. The molecule has 0 unspecified atom stereocenters. The van der Waals surface area contributed by atoms with Gasteiger partial charge >= 0.3 is 5.97 Å². The number of aromatic nitrogens is 2. The van der Waals surface area contributed by atoms with Gasteiger partial charge in [-0.1, -0.05) is 35.0 Å². The molecule has 0 atom stereocenters. The van der Waals surface area contributed by atoms with Crippen molar-refractivity contribution in [2.75, 3.05) is 0 Å². The van der Waals surface area contributed by atoms with Crippen molar-refractivity contribution in [3.05, 3.63) is 45.5 Å². The molecule has 0 bridgehead atoms. The van der Waals surface area contributed by atoms with E-state index in [9.17, 15) is 4.79 Å². The first-order valence-corrected chi connectivity index (χ1v) is 8.23. The third-order valence-electron chi connectivity index (χ3n) is 3.31. The Kier molecular flexibility index (Phi) is 3.82. The van der Waals surface area contributed by atoms with Crippen molar-refractivity contribution < 1.29 is 9.90 Å². The number of carboxylic acid groups (broad SMARTS) is 1. The molecular formula is C15H13BrN2O2S. The van der Waals surface area contributed by atoms with Crippen LogP contribution in [0.4, 0.5) is 0 Å². The fourth-order valence-electron chi connectivity index (χ4n) is 2.42. The third kappa shape index (κ3) is 2.61. The minimum Gasteiger partial charge on any atom is -0.481 e. The van der Waals surface area contributed by atoms with Gasteiger partial charge in [0.1, 0.15) is 0 Å². The number of nitrogens with zero attached hydrogens (tertiary/aromatic N) is 2. The van der Waals surface area contributed by atoms with Gasteiger partial charge in [-0.3, -0.25) is 9.20 Å². The van der Waals surface area contributed by atoms with Crippen molar-refractivity contribution in [1.29, 1.82) is 0 Å². The largest absolute Gasteiger partial charge is 0.481 e. The van der Waals surface area contributed by atoms with E-state index in [4.69, 9.17) is 5.11 Å². The Morgan fingerprint density at radius 2 is 2.10 bits per heavy atom. The third-order valence-corrected chi connectivity index (χ3v) is 4.72. The summed E-state index contributed by atoms with van der Waals surface area (Å²) < 4.78 is 3.01. The van der Waals surface area contributed by atoms with Crippen molar-refractivity contribution >= 4 is 38.2 Å². The van der Waals surface area contributed by atoms with Crippen molar-refractivity contribution in [3.8, 4) is 11.3 Å². The van der Waals surface area contributed by atoms with Crippen LogP contribution in [0, 0.1) is 0 Å². The molecule has 4 nitrogen and oxygen atoms in total. The van der Waals surface area contributed by atoms with E-state index in [-0.39, 0.29) is 6.42 Å². The molecule has 0 fully saturated rings. The minimum atomic E-state index is -0.823. The van der Waals surface area contributed by atoms with Crippen molar-refractivity contribution in [2.45, 2.75) is 19.8 Å². The van der Waals surface area contributed by atoms with Crippen LogP contribution in [-0.4, -0.2) is 20.5 Å². The smallest absolute Gasteiger partial charge is 0.309 e. The van der Waals surface area contributed by atoms with Gasteiger partial charge in [0.15, 0.2) is 4.96 Å². The van der Waals surface area contributed by atoms with Gasteiger partial charge in [0, 0.05) is 21.1 Å². The van der Waals surface area contributed by atoms with Crippen LogP contribution in [0.2, 0.25) is 0 Å². The summed E-state index contributed by atoms with van der Waals surface area (Å²) in [6.45, 7) is 2.06. The van der Waals surface area contributed by atoms with Gasteiger partial charge in [-0.05, 0) is 18.6 Å². The first-order chi connectivity index (χ1) is 10.1. The molecule has 108 valence electrons. The Hall–Kier alpha value is -1.66. The monoisotopic (exact) mass is 364 g/mol. The normalized spacial score (nSPS) is 11.1. The van der Waals surface area contributed by atoms with Crippen molar-refractivity contribution in [2.24, 2.45) is 0 Å². The zero-order chi connectivity index (χ0) is 15.0. The Bertz CT molecular complexity index is 805. The molecule has 0 saturated carbocycles. The first kappa shape index (κ1) is 14.3. The second-order valence-corrected chi connectivity index (χ2v) is 6.44. The number of aliphatic carboxylic acids is 1. The van der Waals surface area contributed by atoms with Crippen LogP contribution in [0.5, 0.6) is 0 Å². The highest BCUT2D eigenvalue weighted by atomic mass is 79.9. The number of imidazole rings is 1. The van der Waals surface area contributed by atoms with Gasteiger partial charge in [-0.25, -0.2) is 4.98 Å². The van der Waals surface area contributed by atoms with Crippen LogP contribution in [0.25, 0.3) is 16.2 Å². The van der Waals surface area contributed by atoms with Gasteiger partial charge in [0.25, 0.3) is 0 Å². The second-order valence-electron chi connectivity index (χ2n) is 4.68. The van der Waals surface area contributed by atoms with E-state index in [2.05, 4.69) is 27.8 Å². The molecule has 0 saturated heterocycles. The Balaban J connectivity index is 2.18. The van der Waals surface area contributed by atoms with Crippen LogP contribution >= 0.6 is 27.3 Å². The number of hydrogen-bond donors (Lipinski definition) is 1. The van der Waals surface area contributed by atoms with E-state index in [1.165, 1.54) is 11.3 Å². The van der Waals surface area contributed by atoms with E-state index < -0.39 is 5.97 Å². The molecule has 3 rings (SSSR count). The van der Waals surface area contributed by atoms with E-state index in [1.807, 2.05) is 34.0 Å². The van der Waals surface area contributed by atoms with E-state index in [0.29, 0.717) is 0 Å². The number of fused-ring (bicyclic) bond motifs is 1. The van der Waals surface area contributed by atoms with Crippen LogP contribution in [0.3, 0.4) is 0 Å². The number of thiazole rings is 1. The summed E-state index contributed by atoms with van der Waals surface area (Å²) in [5.74, 6) is -0.823. The van der Waals surface area contributed by atoms with E-state index >= 15 is 0 Å². The lowest BCUT2D eigenvalue weighted by atomic mass is 10.1. The van der Waals surface area contributed by atoms with E-state index in [0.717, 1.165) is 38.5 Å². The lowest BCUT2D eigenvalue weighted by molar-refractivity contribution is -0.136. The molecule has 2 heterocycles. The second kappa shape index (κ2) is 5.61. The fourth-order valence-corrected chi connectivity index (χ4v) is 3.59. The number of rotatable bonds is 4. The van der Waals surface area contributed by atoms with Crippen molar-refractivity contribution in [1.82, 2.24) is 9.38 Å². The average molecular weight is 365 g/mol. The minimum absolute atomic E-state index is 0.0170. The number of aryl methyl sites for hydroxylation is 1. The Labute approximate surface area is 134 Å². The summed E-state index contributed by atoms with van der Waals surface area (Å²) in [4.78, 5) is 16.5. The molecule has 2 aromatic heterocycles. The number of benzene rings is 1. The van der Waals surface area contributed by atoms with Gasteiger partial charge in [-0.15, -0.1) is 11.3 Å². The highest BCUT2D eigenvalue weighted by Crippen LogP contribution is 2.30. The Morgan fingerprint density at radius 1 is 1.38 bits per heavy atom. The SMILES string of the molecule is CCc1c(-c2ccc(Br)cc2)nc2scc(CC(=O)O)n12. The standard InChI is InChI=1S/C15H13BrN2O2S/c1-2-12-14(9-3-5-10(16)6-4-9)17-15-18(12)11(8-21-15)7-13(19)20/h3-6,8H,2,7H2,1H3,(H,19,20). The number of carboxylic acids is 1. The molecule has 0 aliphatic heterocycles. The molecule has 1 N–H and O–H groups in total. The average Bonchev–Trinajstić information content (AvgIpc) is 2.99. The molecule has 0 radical (unpaired) electrons. The topological polar surface area (TPSA) is 54.6 Å². The summed E-state index contributed by atoms with van der Waals surface area (Å²) in [7, 11) is 0. The fraction of sp³-hybridized carbons (Fsp3) is 0.200. The van der Waals surface area contributed by atoms with Crippen LogP contribution in [0.15, 0.2) is 34.1 Å². The molecule has 6 heteroatoms. The first-order valence-electron chi connectivity index (χ1n) is 6.55. The molecule has 0 aliphatic rings. The van der Waals surface area contributed by atoms with Gasteiger partial charge in [0.05, 0.1) is 17.8 Å². The van der Waals surface area contributed by atoms with Gasteiger partial charge in [0.2, 0.25) is 0 Å². The molecule has 0 amide bonds. The number of carbonyl (C=O) groups is 1. The number of hydrogen-bond acceptors (Lipinski definition) is 3.